The van der Waals surface area contributed by atoms with E-state index in [-0.39, 0.29) is 23.1 Å². The van der Waals surface area contributed by atoms with Crippen LogP contribution in [0.1, 0.15) is 40.0 Å². The summed E-state index contributed by atoms with van der Waals surface area (Å²) in [5.41, 5.74) is -1.30. The number of nitrogens with zero attached hydrogens (tertiary/aromatic N) is 1. The first-order valence-electron chi connectivity index (χ1n) is 7.69. The summed E-state index contributed by atoms with van der Waals surface area (Å²) in [4.78, 5) is 27.5. The second kappa shape index (κ2) is 3.29. The Morgan fingerprint density at radius 1 is 1.35 bits per heavy atom. The van der Waals surface area contributed by atoms with Gasteiger partial charge in [-0.05, 0) is 30.6 Å². The van der Waals surface area contributed by atoms with E-state index >= 15 is 0 Å². The molecular weight excluding hydrogens is 252 g/mol. The Balaban J connectivity index is 1.93. The van der Waals surface area contributed by atoms with Gasteiger partial charge in [-0.25, -0.2) is 0 Å². The second-order valence-corrected chi connectivity index (χ2v) is 7.64. The van der Waals surface area contributed by atoms with Crippen molar-refractivity contribution in [1.29, 1.82) is 0 Å². The molecule has 4 heterocycles. The zero-order valence-corrected chi connectivity index (χ0v) is 12.4. The number of fused-ring (bicyclic) bond motifs is 1. The molecule has 108 valence electrons. The third kappa shape index (κ3) is 1.08. The summed E-state index contributed by atoms with van der Waals surface area (Å²) in [5.74, 6) is 0.825. The first-order chi connectivity index (χ1) is 9.34. The number of nitrogens with one attached hydrogen (secondary N) is 1. The van der Waals surface area contributed by atoms with Gasteiger partial charge in [0, 0.05) is 12.5 Å². The van der Waals surface area contributed by atoms with E-state index in [1.807, 2.05) is 11.0 Å². The lowest BCUT2D eigenvalue weighted by atomic mass is 9.51. The highest BCUT2D eigenvalue weighted by molar-refractivity contribution is 6.06. The maximum Gasteiger partial charge on any atom is 0.253 e. The van der Waals surface area contributed by atoms with Crippen LogP contribution in [0.2, 0.25) is 0 Å². The Labute approximate surface area is 119 Å². The molecule has 0 aromatic rings. The molecule has 4 atom stereocenters. The van der Waals surface area contributed by atoms with Gasteiger partial charge in [-0.1, -0.05) is 32.9 Å². The molecule has 2 bridgehead atoms. The van der Waals surface area contributed by atoms with Gasteiger partial charge >= 0.3 is 0 Å². The summed E-state index contributed by atoms with van der Waals surface area (Å²) >= 11 is 0. The minimum absolute atomic E-state index is 0.0276. The fourth-order valence-electron chi connectivity index (χ4n) is 4.97. The number of rotatable bonds is 0. The Morgan fingerprint density at radius 2 is 2.10 bits per heavy atom. The van der Waals surface area contributed by atoms with Gasteiger partial charge in [-0.3, -0.25) is 9.59 Å². The van der Waals surface area contributed by atoms with Gasteiger partial charge in [0.1, 0.15) is 11.1 Å². The SMILES string of the molecule is CC1C=CC23NC(=O)C4(CCCN4C2=O)CC3C1(C)C. The summed E-state index contributed by atoms with van der Waals surface area (Å²) < 4.78 is 0. The fraction of sp³-hybridized carbons (Fsp3) is 0.750. The van der Waals surface area contributed by atoms with Crippen LogP contribution in [0.15, 0.2) is 12.2 Å². The molecule has 4 heteroatoms. The van der Waals surface area contributed by atoms with Crippen molar-refractivity contribution in [3.05, 3.63) is 12.2 Å². The summed E-state index contributed by atoms with van der Waals surface area (Å²) in [7, 11) is 0. The summed E-state index contributed by atoms with van der Waals surface area (Å²) in [6.07, 6.45) is 6.69. The van der Waals surface area contributed by atoms with Crippen molar-refractivity contribution in [3.8, 4) is 0 Å². The van der Waals surface area contributed by atoms with Gasteiger partial charge in [-0.15, -0.1) is 0 Å². The number of carbonyl (C=O) groups is 2. The normalized spacial score (nSPS) is 48.0. The molecular formula is C16H22N2O2. The average Bonchev–Trinajstić information content (AvgIpc) is 2.82. The molecule has 2 amide bonds. The molecule has 0 saturated carbocycles. The smallest absolute Gasteiger partial charge is 0.253 e. The van der Waals surface area contributed by atoms with Crippen LogP contribution in [0.25, 0.3) is 0 Å². The lowest BCUT2D eigenvalue weighted by Crippen LogP contribution is -2.83. The monoisotopic (exact) mass is 274 g/mol. The van der Waals surface area contributed by atoms with Crippen molar-refractivity contribution in [2.45, 2.75) is 51.1 Å². The predicted octanol–water partition coefficient (Wildman–Crippen LogP) is 1.47. The lowest BCUT2D eigenvalue weighted by molar-refractivity contribution is -0.178. The van der Waals surface area contributed by atoms with Gasteiger partial charge in [0.05, 0.1) is 0 Å². The number of carbonyl (C=O) groups excluding carboxylic acids is 2. The molecule has 0 aromatic carbocycles. The molecule has 2 spiro atoms. The van der Waals surface area contributed by atoms with E-state index in [0.29, 0.717) is 5.92 Å². The largest absolute Gasteiger partial charge is 0.336 e. The maximum absolute atomic E-state index is 13.0. The van der Waals surface area contributed by atoms with Crippen LogP contribution < -0.4 is 5.32 Å². The lowest BCUT2D eigenvalue weighted by Gasteiger charge is -2.63. The number of hydrogen-bond donors (Lipinski definition) is 1. The van der Waals surface area contributed by atoms with Crippen molar-refractivity contribution in [1.82, 2.24) is 10.2 Å². The van der Waals surface area contributed by atoms with Crippen LogP contribution in [0.3, 0.4) is 0 Å². The molecule has 1 N–H and O–H groups in total. The third-order valence-electron chi connectivity index (χ3n) is 6.64. The Morgan fingerprint density at radius 3 is 2.85 bits per heavy atom. The number of allylic oxidation sites excluding steroid dienone is 1. The molecule has 5 rings (SSSR count). The molecule has 4 saturated heterocycles. The van der Waals surface area contributed by atoms with Crippen molar-refractivity contribution >= 4 is 11.8 Å². The average molecular weight is 274 g/mol. The van der Waals surface area contributed by atoms with E-state index in [4.69, 9.17) is 0 Å². The van der Waals surface area contributed by atoms with Crippen LogP contribution in [-0.4, -0.2) is 34.3 Å². The molecule has 0 aromatic heterocycles. The number of amides is 2. The summed E-state index contributed by atoms with van der Waals surface area (Å²) in [5, 5.41) is 3.10. The molecule has 4 fully saturated rings. The van der Waals surface area contributed by atoms with E-state index < -0.39 is 11.1 Å². The molecule has 20 heavy (non-hydrogen) atoms. The standard InChI is InChI=1S/C16H22N2O2/c1-10-5-7-16-11(14(10,2)3)9-15(12(19)17-16)6-4-8-18(15)13(16)20/h5,7,10-11H,4,6,8-9H2,1-3H3,(H,17,19). The Kier molecular flexibility index (Phi) is 2.04. The third-order valence-corrected chi connectivity index (χ3v) is 6.64. The highest BCUT2D eigenvalue weighted by atomic mass is 16.2. The van der Waals surface area contributed by atoms with Crippen molar-refractivity contribution in [3.63, 3.8) is 0 Å². The predicted molar refractivity (Wildman–Crippen MR) is 74.7 cm³/mol. The molecule has 5 aliphatic rings. The molecule has 4 unspecified atom stereocenters. The van der Waals surface area contributed by atoms with Crippen LogP contribution in [-0.2, 0) is 9.59 Å². The van der Waals surface area contributed by atoms with E-state index in [9.17, 15) is 9.59 Å². The van der Waals surface area contributed by atoms with E-state index in [1.54, 1.807) is 0 Å². The molecule has 1 aliphatic carbocycles. The highest BCUT2D eigenvalue weighted by Gasteiger charge is 2.71. The zero-order chi connectivity index (χ0) is 14.3. The highest BCUT2D eigenvalue weighted by Crippen LogP contribution is 2.58. The van der Waals surface area contributed by atoms with Gasteiger partial charge in [0.2, 0.25) is 5.91 Å². The number of piperidine rings is 2. The quantitative estimate of drug-likeness (QED) is 0.680. The molecule has 4 nitrogen and oxygen atoms in total. The van der Waals surface area contributed by atoms with Gasteiger partial charge in [0.25, 0.3) is 5.91 Å². The van der Waals surface area contributed by atoms with Gasteiger partial charge in [-0.2, -0.15) is 0 Å². The topological polar surface area (TPSA) is 49.4 Å². The second-order valence-electron chi connectivity index (χ2n) is 7.64. The van der Waals surface area contributed by atoms with Gasteiger partial charge < -0.3 is 10.2 Å². The van der Waals surface area contributed by atoms with Crippen molar-refractivity contribution < 1.29 is 9.59 Å². The van der Waals surface area contributed by atoms with Crippen LogP contribution in [0.5, 0.6) is 0 Å². The van der Waals surface area contributed by atoms with Crippen molar-refractivity contribution in [2.24, 2.45) is 17.3 Å². The number of hydrogen-bond acceptors (Lipinski definition) is 2. The fourth-order valence-corrected chi connectivity index (χ4v) is 4.97. The van der Waals surface area contributed by atoms with E-state index in [0.717, 1.165) is 25.8 Å². The van der Waals surface area contributed by atoms with E-state index in [1.165, 1.54) is 0 Å². The number of piperazine rings is 1. The summed E-state index contributed by atoms with van der Waals surface area (Å²) in [6.45, 7) is 7.43. The molecule has 4 aliphatic heterocycles. The van der Waals surface area contributed by atoms with Crippen LogP contribution in [0, 0.1) is 17.3 Å². The van der Waals surface area contributed by atoms with Crippen molar-refractivity contribution in [2.75, 3.05) is 6.54 Å². The van der Waals surface area contributed by atoms with Crippen LogP contribution in [0.4, 0.5) is 0 Å². The summed E-state index contributed by atoms with van der Waals surface area (Å²) in [6, 6.07) is 0. The maximum atomic E-state index is 13.0. The van der Waals surface area contributed by atoms with Gasteiger partial charge in [0.15, 0.2) is 0 Å². The molecule has 0 radical (unpaired) electrons. The Hall–Kier alpha value is -1.32. The zero-order valence-electron chi connectivity index (χ0n) is 12.4. The minimum atomic E-state index is -0.779. The first-order valence-corrected chi connectivity index (χ1v) is 7.69. The Bertz CT molecular complexity index is 553. The minimum Gasteiger partial charge on any atom is -0.336 e. The van der Waals surface area contributed by atoms with E-state index in [2.05, 4.69) is 32.2 Å². The first kappa shape index (κ1) is 12.4. The van der Waals surface area contributed by atoms with Crippen LogP contribution >= 0.6 is 0 Å².